The predicted octanol–water partition coefficient (Wildman–Crippen LogP) is 2.04. The zero-order valence-corrected chi connectivity index (χ0v) is 13.6. The van der Waals surface area contributed by atoms with Gasteiger partial charge in [0.25, 0.3) is 0 Å². The highest BCUT2D eigenvalue weighted by Crippen LogP contribution is 2.16. The van der Waals surface area contributed by atoms with Gasteiger partial charge in [-0.05, 0) is 29.8 Å². The van der Waals surface area contributed by atoms with Crippen molar-refractivity contribution in [1.82, 2.24) is 0 Å². The molecular weight excluding hydrogens is 324 g/mol. The minimum absolute atomic E-state index is 0.0351. The van der Waals surface area contributed by atoms with Gasteiger partial charge in [-0.25, -0.2) is 16.8 Å². The lowest BCUT2D eigenvalue weighted by Gasteiger charge is -2.07. The molecule has 0 aliphatic rings. The Morgan fingerprint density at radius 2 is 1.36 bits per heavy atom. The van der Waals surface area contributed by atoms with E-state index in [4.69, 9.17) is 4.74 Å². The minimum atomic E-state index is -3.61. The zero-order chi connectivity index (χ0) is 16.2. The minimum Gasteiger partial charge on any atom is -0.360 e. The summed E-state index contributed by atoms with van der Waals surface area (Å²) in [5.41, 5.74) is 0.880. The molecule has 0 atom stereocenters. The van der Waals surface area contributed by atoms with Gasteiger partial charge in [-0.15, -0.1) is 0 Å². The molecule has 7 heteroatoms. The summed E-state index contributed by atoms with van der Waals surface area (Å²) >= 11 is 0. The molecule has 118 valence electrons. The highest BCUT2D eigenvalue weighted by Gasteiger charge is 2.16. The molecule has 22 heavy (non-hydrogen) atoms. The van der Waals surface area contributed by atoms with E-state index in [1.165, 1.54) is 24.3 Å². The topological polar surface area (TPSA) is 77.5 Å². The molecule has 0 saturated heterocycles. The van der Waals surface area contributed by atoms with E-state index >= 15 is 0 Å². The summed E-state index contributed by atoms with van der Waals surface area (Å²) < 4.78 is 52.1. The maximum absolute atomic E-state index is 12.1. The van der Waals surface area contributed by atoms with Crippen molar-refractivity contribution in [3.63, 3.8) is 0 Å². The maximum atomic E-state index is 12.1. The standard InChI is InChI=1S/C15H16O5S2/c1-21(16,17)14-7-9-15(10-8-14)22(18,19)12-20-11-13-5-3-2-4-6-13/h2-10H,11-12H2,1H3. The molecule has 0 saturated carbocycles. The largest absolute Gasteiger partial charge is 0.360 e. The Morgan fingerprint density at radius 1 is 0.818 bits per heavy atom. The van der Waals surface area contributed by atoms with E-state index in [1.807, 2.05) is 30.3 Å². The van der Waals surface area contributed by atoms with E-state index in [2.05, 4.69) is 0 Å². The molecule has 0 spiro atoms. The third-order valence-corrected chi connectivity index (χ3v) is 5.56. The molecule has 0 fully saturated rings. The molecular formula is C15H16O5S2. The van der Waals surface area contributed by atoms with E-state index in [1.54, 1.807) is 0 Å². The molecule has 0 aromatic heterocycles. The van der Waals surface area contributed by atoms with Crippen LogP contribution in [0.5, 0.6) is 0 Å². The average Bonchev–Trinajstić information content (AvgIpc) is 2.47. The summed E-state index contributed by atoms with van der Waals surface area (Å²) in [5, 5.41) is 0. The Balaban J connectivity index is 2.04. The molecule has 2 aromatic carbocycles. The predicted molar refractivity (Wildman–Crippen MR) is 82.8 cm³/mol. The van der Waals surface area contributed by atoms with Gasteiger partial charge in [0, 0.05) is 6.26 Å². The summed E-state index contributed by atoms with van der Waals surface area (Å²) in [7, 11) is -6.95. The van der Waals surface area contributed by atoms with Crippen LogP contribution in [-0.2, 0) is 31.0 Å². The average molecular weight is 340 g/mol. The number of hydrogen-bond donors (Lipinski definition) is 0. The normalized spacial score (nSPS) is 12.2. The second-order valence-electron chi connectivity index (χ2n) is 4.81. The smallest absolute Gasteiger partial charge is 0.202 e. The van der Waals surface area contributed by atoms with Crippen molar-refractivity contribution in [3.8, 4) is 0 Å². The van der Waals surface area contributed by atoms with Crippen molar-refractivity contribution in [2.24, 2.45) is 0 Å². The first-order valence-corrected chi connectivity index (χ1v) is 9.98. The molecule has 0 unspecified atom stereocenters. The van der Waals surface area contributed by atoms with Crippen LogP contribution in [-0.4, -0.2) is 29.0 Å². The molecule has 0 amide bonds. The van der Waals surface area contributed by atoms with E-state index in [-0.39, 0.29) is 16.4 Å². The Labute approximate surface area is 130 Å². The van der Waals surface area contributed by atoms with E-state index in [0.717, 1.165) is 11.8 Å². The summed E-state index contributed by atoms with van der Waals surface area (Å²) in [6.45, 7) is 0.196. The lowest BCUT2D eigenvalue weighted by atomic mass is 10.2. The van der Waals surface area contributed by atoms with Crippen LogP contribution in [0.1, 0.15) is 5.56 Å². The van der Waals surface area contributed by atoms with Crippen LogP contribution in [0.3, 0.4) is 0 Å². The number of ether oxygens (including phenoxy) is 1. The second kappa shape index (κ2) is 6.60. The second-order valence-corrected chi connectivity index (χ2v) is 8.76. The fourth-order valence-corrected chi connectivity index (χ4v) is 3.43. The molecule has 2 rings (SSSR count). The van der Waals surface area contributed by atoms with Crippen LogP contribution in [0, 0.1) is 0 Å². The third kappa shape index (κ3) is 4.40. The Hall–Kier alpha value is -1.70. The van der Waals surface area contributed by atoms with Crippen LogP contribution in [0.4, 0.5) is 0 Å². The molecule has 0 heterocycles. The molecule has 0 bridgehead atoms. The SMILES string of the molecule is CS(=O)(=O)c1ccc(S(=O)(=O)COCc2ccccc2)cc1. The Kier molecular flexibility index (Phi) is 5.00. The quantitative estimate of drug-likeness (QED) is 0.804. The van der Waals surface area contributed by atoms with Gasteiger partial charge in [0.05, 0.1) is 16.4 Å². The van der Waals surface area contributed by atoms with E-state index in [9.17, 15) is 16.8 Å². The molecule has 2 aromatic rings. The zero-order valence-electron chi connectivity index (χ0n) is 12.0. The lowest BCUT2D eigenvalue weighted by Crippen LogP contribution is -2.10. The summed E-state index contributed by atoms with van der Waals surface area (Å²) in [6, 6.07) is 14.3. The Bertz CT molecular complexity index is 823. The highest BCUT2D eigenvalue weighted by atomic mass is 32.2. The summed E-state index contributed by atoms with van der Waals surface area (Å²) in [6.07, 6.45) is 1.07. The van der Waals surface area contributed by atoms with E-state index < -0.39 is 25.6 Å². The van der Waals surface area contributed by atoms with Gasteiger partial charge in [-0.2, -0.15) is 0 Å². The van der Waals surface area contributed by atoms with Gasteiger partial charge in [-0.3, -0.25) is 0 Å². The van der Waals surface area contributed by atoms with Gasteiger partial charge >= 0.3 is 0 Å². The first kappa shape index (κ1) is 16.7. The van der Waals surface area contributed by atoms with E-state index in [0.29, 0.717) is 0 Å². The summed E-state index contributed by atoms with van der Waals surface area (Å²) in [5.74, 6) is -0.458. The number of benzene rings is 2. The van der Waals surface area contributed by atoms with Gasteiger partial charge in [0.2, 0.25) is 9.84 Å². The van der Waals surface area contributed by atoms with Crippen LogP contribution in [0.25, 0.3) is 0 Å². The first-order valence-electron chi connectivity index (χ1n) is 6.43. The van der Waals surface area contributed by atoms with Crippen molar-refractivity contribution in [3.05, 3.63) is 60.2 Å². The van der Waals surface area contributed by atoms with Crippen molar-refractivity contribution in [1.29, 1.82) is 0 Å². The summed E-state index contributed by atoms with van der Waals surface area (Å²) in [4.78, 5) is 0.115. The lowest BCUT2D eigenvalue weighted by molar-refractivity contribution is 0.163. The van der Waals surface area contributed by atoms with Crippen LogP contribution >= 0.6 is 0 Å². The molecule has 0 N–H and O–H groups in total. The third-order valence-electron chi connectivity index (χ3n) is 2.96. The Morgan fingerprint density at radius 3 is 1.91 bits per heavy atom. The van der Waals surface area contributed by atoms with Crippen LogP contribution in [0.15, 0.2) is 64.4 Å². The molecule has 0 aliphatic carbocycles. The van der Waals surface area contributed by atoms with Crippen LogP contribution < -0.4 is 0 Å². The fourth-order valence-electron chi connectivity index (χ4n) is 1.81. The fraction of sp³-hybridized carbons (Fsp3) is 0.200. The van der Waals surface area contributed by atoms with Crippen molar-refractivity contribution in [2.45, 2.75) is 16.4 Å². The van der Waals surface area contributed by atoms with Gasteiger partial charge < -0.3 is 4.74 Å². The van der Waals surface area contributed by atoms with Crippen molar-refractivity contribution >= 4 is 19.7 Å². The highest BCUT2D eigenvalue weighted by molar-refractivity contribution is 7.91. The van der Waals surface area contributed by atoms with Gasteiger partial charge in [-0.1, -0.05) is 30.3 Å². The first-order chi connectivity index (χ1) is 10.3. The number of rotatable bonds is 6. The molecule has 0 radical (unpaired) electrons. The molecule has 0 aliphatic heterocycles. The van der Waals surface area contributed by atoms with Crippen LogP contribution in [0.2, 0.25) is 0 Å². The van der Waals surface area contributed by atoms with Gasteiger partial charge in [0.1, 0.15) is 0 Å². The number of sulfone groups is 2. The van der Waals surface area contributed by atoms with Gasteiger partial charge in [0.15, 0.2) is 15.8 Å². The maximum Gasteiger partial charge on any atom is 0.202 e. The number of hydrogen-bond acceptors (Lipinski definition) is 5. The monoisotopic (exact) mass is 340 g/mol. The molecule has 5 nitrogen and oxygen atoms in total. The van der Waals surface area contributed by atoms with Crippen molar-refractivity contribution in [2.75, 3.05) is 12.2 Å². The van der Waals surface area contributed by atoms with Crippen molar-refractivity contribution < 1.29 is 21.6 Å².